The SMILES string of the molecule is CC(C)c1ncc(CNC2CC=CC2)s1. The van der Waals surface area contributed by atoms with Gasteiger partial charge in [-0.3, -0.25) is 0 Å². The highest BCUT2D eigenvalue weighted by Crippen LogP contribution is 2.21. The molecule has 0 fully saturated rings. The van der Waals surface area contributed by atoms with E-state index < -0.39 is 0 Å². The molecule has 0 spiro atoms. The van der Waals surface area contributed by atoms with Crippen molar-refractivity contribution >= 4 is 11.3 Å². The van der Waals surface area contributed by atoms with Crippen molar-refractivity contribution in [2.45, 2.75) is 45.2 Å². The van der Waals surface area contributed by atoms with E-state index >= 15 is 0 Å². The van der Waals surface area contributed by atoms with Crippen molar-refractivity contribution in [3.8, 4) is 0 Å². The second-order valence-electron chi connectivity index (χ2n) is 4.34. The first-order valence-corrected chi connectivity index (χ1v) is 6.40. The van der Waals surface area contributed by atoms with Crippen LogP contribution in [0.3, 0.4) is 0 Å². The van der Waals surface area contributed by atoms with Gasteiger partial charge in [-0.2, -0.15) is 0 Å². The molecule has 1 aliphatic rings. The molecular weight excluding hydrogens is 204 g/mol. The van der Waals surface area contributed by atoms with Crippen molar-refractivity contribution in [1.29, 1.82) is 0 Å². The predicted molar refractivity (Wildman–Crippen MR) is 65.2 cm³/mol. The zero-order valence-corrected chi connectivity index (χ0v) is 10.2. The summed E-state index contributed by atoms with van der Waals surface area (Å²) in [4.78, 5) is 5.78. The van der Waals surface area contributed by atoms with Gasteiger partial charge in [-0.05, 0) is 12.8 Å². The second-order valence-corrected chi connectivity index (χ2v) is 5.49. The molecule has 0 bridgehead atoms. The molecule has 1 aromatic rings. The van der Waals surface area contributed by atoms with E-state index in [1.54, 1.807) is 0 Å². The Hall–Kier alpha value is -0.670. The van der Waals surface area contributed by atoms with Crippen LogP contribution in [0.4, 0.5) is 0 Å². The topological polar surface area (TPSA) is 24.9 Å². The molecule has 0 aromatic carbocycles. The zero-order valence-electron chi connectivity index (χ0n) is 9.36. The fourth-order valence-electron chi connectivity index (χ4n) is 1.70. The van der Waals surface area contributed by atoms with Gasteiger partial charge in [-0.15, -0.1) is 11.3 Å². The molecule has 82 valence electrons. The third kappa shape index (κ3) is 2.89. The Balaban J connectivity index is 1.82. The van der Waals surface area contributed by atoms with Crippen LogP contribution < -0.4 is 5.32 Å². The van der Waals surface area contributed by atoms with Crippen molar-refractivity contribution in [1.82, 2.24) is 10.3 Å². The molecule has 2 rings (SSSR count). The highest BCUT2D eigenvalue weighted by molar-refractivity contribution is 7.11. The lowest BCUT2D eigenvalue weighted by atomic mass is 10.2. The van der Waals surface area contributed by atoms with Gasteiger partial charge in [0.2, 0.25) is 0 Å². The summed E-state index contributed by atoms with van der Waals surface area (Å²) < 4.78 is 0. The van der Waals surface area contributed by atoms with Crippen molar-refractivity contribution in [2.24, 2.45) is 0 Å². The van der Waals surface area contributed by atoms with Crippen LogP contribution in [-0.2, 0) is 6.54 Å². The van der Waals surface area contributed by atoms with Crippen LogP contribution in [0.25, 0.3) is 0 Å². The lowest BCUT2D eigenvalue weighted by Gasteiger charge is -2.09. The van der Waals surface area contributed by atoms with Crippen LogP contribution in [0, 0.1) is 0 Å². The first-order chi connectivity index (χ1) is 7.25. The smallest absolute Gasteiger partial charge is 0.0953 e. The first-order valence-electron chi connectivity index (χ1n) is 5.58. The Bertz CT molecular complexity index is 333. The van der Waals surface area contributed by atoms with E-state index in [0.717, 1.165) is 6.54 Å². The van der Waals surface area contributed by atoms with Gasteiger partial charge in [0.05, 0.1) is 5.01 Å². The summed E-state index contributed by atoms with van der Waals surface area (Å²) in [7, 11) is 0. The molecule has 15 heavy (non-hydrogen) atoms. The van der Waals surface area contributed by atoms with E-state index in [1.165, 1.54) is 22.7 Å². The molecule has 1 aromatic heterocycles. The monoisotopic (exact) mass is 222 g/mol. The lowest BCUT2D eigenvalue weighted by Crippen LogP contribution is -2.25. The minimum absolute atomic E-state index is 0.553. The molecule has 1 aliphatic carbocycles. The Morgan fingerprint density at radius 3 is 2.80 bits per heavy atom. The van der Waals surface area contributed by atoms with Gasteiger partial charge in [-0.25, -0.2) is 4.98 Å². The summed E-state index contributed by atoms with van der Waals surface area (Å²) in [5, 5.41) is 4.80. The number of hydrogen-bond acceptors (Lipinski definition) is 3. The maximum absolute atomic E-state index is 4.42. The maximum Gasteiger partial charge on any atom is 0.0953 e. The van der Waals surface area contributed by atoms with Gasteiger partial charge in [0.25, 0.3) is 0 Å². The van der Waals surface area contributed by atoms with E-state index in [2.05, 4.69) is 36.3 Å². The number of nitrogens with zero attached hydrogens (tertiary/aromatic N) is 1. The van der Waals surface area contributed by atoms with Gasteiger partial charge >= 0.3 is 0 Å². The Labute approximate surface area is 95.4 Å². The van der Waals surface area contributed by atoms with Crippen LogP contribution in [0.5, 0.6) is 0 Å². The second kappa shape index (κ2) is 4.90. The lowest BCUT2D eigenvalue weighted by molar-refractivity contribution is 0.541. The Kier molecular flexibility index (Phi) is 3.54. The van der Waals surface area contributed by atoms with Gasteiger partial charge in [0.15, 0.2) is 0 Å². The van der Waals surface area contributed by atoms with Crippen molar-refractivity contribution in [2.75, 3.05) is 0 Å². The minimum atomic E-state index is 0.553. The van der Waals surface area contributed by atoms with E-state index in [4.69, 9.17) is 0 Å². The quantitative estimate of drug-likeness (QED) is 0.792. The zero-order chi connectivity index (χ0) is 10.7. The summed E-state index contributed by atoms with van der Waals surface area (Å²) >= 11 is 1.83. The summed E-state index contributed by atoms with van der Waals surface area (Å²) in [6.07, 6.45) is 8.87. The predicted octanol–water partition coefficient (Wildman–Crippen LogP) is 3.07. The van der Waals surface area contributed by atoms with Crippen molar-refractivity contribution < 1.29 is 0 Å². The molecule has 0 amide bonds. The summed E-state index contributed by atoms with van der Waals surface area (Å²) in [6.45, 7) is 5.35. The number of aromatic nitrogens is 1. The summed E-state index contributed by atoms with van der Waals surface area (Å²) in [5.74, 6) is 0.553. The fraction of sp³-hybridized carbons (Fsp3) is 0.583. The average molecular weight is 222 g/mol. The summed E-state index contributed by atoms with van der Waals surface area (Å²) in [6, 6.07) is 0.648. The average Bonchev–Trinajstić information content (AvgIpc) is 2.86. The van der Waals surface area contributed by atoms with Gasteiger partial charge < -0.3 is 5.32 Å². The molecule has 0 atom stereocenters. The van der Waals surface area contributed by atoms with Gasteiger partial charge in [0, 0.05) is 29.6 Å². The Morgan fingerprint density at radius 2 is 2.20 bits per heavy atom. The highest BCUT2D eigenvalue weighted by atomic mass is 32.1. The summed E-state index contributed by atoms with van der Waals surface area (Å²) in [5.41, 5.74) is 0. The van der Waals surface area contributed by atoms with Crippen LogP contribution in [0.15, 0.2) is 18.3 Å². The first kappa shape index (κ1) is 10.8. The molecule has 1 heterocycles. The molecule has 0 saturated heterocycles. The molecular formula is C12H18N2S. The van der Waals surface area contributed by atoms with Gasteiger partial charge in [0.1, 0.15) is 0 Å². The normalized spacial score (nSPS) is 16.7. The number of nitrogens with one attached hydrogen (secondary N) is 1. The molecule has 0 radical (unpaired) electrons. The maximum atomic E-state index is 4.42. The molecule has 1 N–H and O–H groups in total. The minimum Gasteiger partial charge on any atom is -0.308 e. The van der Waals surface area contributed by atoms with Crippen molar-refractivity contribution in [3.63, 3.8) is 0 Å². The standard InChI is InChI=1S/C12H18N2S/c1-9(2)12-14-8-11(15-12)7-13-10-5-3-4-6-10/h3-4,8-10,13H,5-7H2,1-2H3. The fourth-order valence-corrected chi connectivity index (χ4v) is 2.57. The van der Waals surface area contributed by atoms with E-state index in [0.29, 0.717) is 12.0 Å². The van der Waals surface area contributed by atoms with Gasteiger partial charge in [-0.1, -0.05) is 26.0 Å². The Morgan fingerprint density at radius 1 is 1.47 bits per heavy atom. The largest absolute Gasteiger partial charge is 0.308 e. The molecule has 2 nitrogen and oxygen atoms in total. The molecule has 0 unspecified atom stereocenters. The highest BCUT2D eigenvalue weighted by Gasteiger charge is 2.10. The van der Waals surface area contributed by atoms with Crippen LogP contribution >= 0.6 is 11.3 Å². The third-order valence-corrected chi connectivity index (χ3v) is 3.94. The number of hydrogen-bond donors (Lipinski definition) is 1. The molecule has 0 aliphatic heterocycles. The number of thiazole rings is 1. The number of rotatable bonds is 4. The van der Waals surface area contributed by atoms with E-state index in [1.807, 2.05) is 17.5 Å². The van der Waals surface area contributed by atoms with Crippen LogP contribution in [-0.4, -0.2) is 11.0 Å². The molecule has 0 saturated carbocycles. The van der Waals surface area contributed by atoms with E-state index in [-0.39, 0.29) is 0 Å². The van der Waals surface area contributed by atoms with Crippen molar-refractivity contribution in [3.05, 3.63) is 28.2 Å². The van der Waals surface area contributed by atoms with Crippen LogP contribution in [0.2, 0.25) is 0 Å². The van der Waals surface area contributed by atoms with E-state index in [9.17, 15) is 0 Å². The molecule has 3 heteroatoms. The third-order valence-electron chi connectivity index (χ3n) is 2.64. The van der Waals surface area contributed by atoms with Crippen LogP contribution in [0.1, 0.15) is 42.5 Å².